The molecule has 3 atom stereocenters. The summed E-state index contributed by atoms with van der Waals surface area (Å²) in [5, 5.41) is 20.5. The van der Waals surface area contributed by atoms with Crippen LogP contribution >= 0.6 is 0 Å². The number of carbonyl (C=O) groups is 1. The minimum Gasteiger partial charge on any atom is -0.481 e. The topological polar surface area (TPSA) is 80.4 Å². The second-order valence-electron chi connectivity index (χ2n) is 5.80. The van der Waals surface area contributed by atoms with Crippen LogP contribution in [0.25, 0.3) is 0 Å². The first kappa shape index (κ1) is 10.1. The van der Waals surface area contributed by atoms with Crippen molar-refractivity contribution >= 4 is 5.97 Å². The molecule has 5 nitrogen and oxygen atoms in total. The highest BCUT2D eigenvalue weighted by Gasteiger charge is 2.66. The van der Waals surface area contributed by atoms with E-state index in [1.54, 1.807) is 0 Å². The van der Waals surface area contributed by atoms with Crippen molar-refractivity contribution in [1.82, 2.24) is 0 Å². The number of aliphatic carboxylic acids is 1. The van der Waals surface area contributed by atoms with Crippen molar-refractivity contribution in [1.29, 1.82) is 0 Å². The fourth-order valence-corrected chi connectivity index (χ4v) is 4.69. The largest absolute Gasteiger partial charge is 0.481 e. The maximum atomic E-state index is 11.5. The number of nitro groups is 1. The summed E-state index contributed by atoms with van der Waals surface area (Å²) in [6.45, 7) is 0. The SMILES string of the molecule is O=C(O)C12C[C@@H]3CC(C[C@H](C3)C1)[C@H]2[N+](=O)[O-]. The average Bonchev–Trinajstić information content (AvgIpc) is 2.14. The Morgan fingerprint density at radius 2 is 1.81 bits per heavy atom. The van der Waals surface area contributed by atoms with Crippen molar-refractivity contribution in [3.63, 3.8) is 0 Å². The summed E-state index contributed by atoms with van der Waals surface area (Å²) in [7, 11) is 0. The van der Waals surface area contributed by atoms with E-state index in [1.807, 2.05) is 0 Å². The van der Waals surface area contributed by atoms with Crippen LogP contribution in [0.4, 0.5) is 0 Å². The Morgan fingerprint density at radius 3 is 2.25 bits per heavy atom. The van der Waals surface area contributed by atoms with Crippen LogP contribution in [0.2, 0.25) is 0 Å². The molecular weight excluding hydrogens is 210 g/mol. The summed E-state index contributed by atoms with van der Waals surface area (Å²) in [5.41, 5.74) is -1.04. The first-order valence-electron chi connectivity index (χ1n) is 5.90. The highest BCUT2D eigenvalue weighted by Crippen LogP contribution is 2.60. The molecule has 4 fully saturated rings. The van der Waals surface area contributed by atoms with Gasteiger partial charge in [0.15, 0.2) is 0 Å². The van der Waals surface area contributed by atoms with E-state index in [2.05, 4.69) is 0 Å². The van der Waals surface area contributed by atoms with E-state index in [0.29, 0.717) is 24.7 Å². The van der Waals surface area contributed by atoms with Crippen molar-refractivity contribution in [2.24, 2.45) is 23.2 Å². The monoisotopic (exact) mass is 225 g/mol. The molecule has 0 aromatic rings. The summed E-state index contributed by atoms with van der Waals surface area (Å²) < 4.78 is 0. The van der Waals surface area contributed by atoms with E-state index in [-0.39, 0.29) is 10.8 Å². The predicted molar refractivity (Wildman–Crippen MR) is 54.4 cm³/mol. The third-order valence-electron chi connectivity index (χ3n) is 4.91. The summed E-state index contributed by atoms with van der Waals surface area (Å²) in [4.78, 5) is 22.3. The lowest BCUT2D eigenvalue weighted by atomic mass is 9.47. The Balaban J connectivity index is 2.05. The molecule has 0 radical (unpaired) electrons. The highest BCUT2D eigenvalue weighted by molar-refractivity contribution is 5.76. The van der Waals surface area contributed by atoms with Gasteiger partial charge in [-0.15, -0.1) is 0 Å². The molecule has 1 N–H and O–H groups in total. The zero-order valence-electron chi connectivity index (χ0n) is 8.96. The van der Waals surface area contributed by atoms with Gasteiger partial charge >= 0.3 is 5.97 Å². The van der Waals surface area contributed by atoms with E-state index in [0.717, 1.165) is 19.3 Å². The van der Waals surface area contributed by atoms with Crippen molar-refractivity contribution in [3.8, 4) is 0 Å². The Labute approximate surface area is 93.0 Å². The van der Waals surface area contributed by atoms with Gasteiger partial charge in [0, 0.05) is 10.8 Å². The van der Waals surface area contributed by atoms with E-state index in [9.17, 15) is 20.0 Å². The number of hydrogen-bond donors (Lipinski definition) is 1. The molecule has 4 bridgehead atoms. The van der Waals surface area contributed by atoms with Gasteiger partial charge < -0.3 is 5.11 Å². The molecule has 5 heteroatoms. The molecule has 0 heterocycles. The van der Waals surface area contributed by atoms with E-state index in [4.69, 9.17) is 0 Å². The van der Waals surface area contributed by atoms with Crippen molar-refractivity contribution in [2.75, 3.05) is 0 Å². The van der Waals surface area contributed by atoms with Crippen LogP contribution in [-0.4, -0.2) is 22.0 Å². The van der Waals surface area contributed by atoms with Crippen molar-refractivity contribution in [2.45, 2.75) is 38.1 Å². The smallest absolute Gasteiger partial charge is 0.316 e. The lowest BCUT2D eigenvalue weighted by Crippen LogP contribution is -2.61. The van der Waals surface area contributed by atoms with Crippen LogP contribution in [0.1, 0.15) is 32.1 Å². The van der Waals surface area contributed by atoms with Gasteiger partial charge in [0.25, 0.3) is 0 Å². The second-order valence-corrected chi connectivity index (χ2v) is 5.80. The Kier molecular flexibility index (Phi) is 1.86. The van der Waals surface area contributed by atoms with Gasteiger partial charge in [0.2, 0.25) is 6.04 Å². The summed E-state index contributed by atoms with van der Waals surface area (Å²) in [6, 6.07) is -0.835. The average molecular weight is 225 g/mol. The van der Waals surface area contributed by atoms with Gasteiger partial charge in [-0.3, -0.25) is 14.9 Å². The van der Waals surface area contributed by atoms with Gasteiger partial charge in [-0.05, 0) is 43.9 Å². The lowest BCUT2D eigenvalue weighted by Gasteiger charge is -2.54. The maximum Gasteiger partial charge on any atom is 0.316 e. The first-order valence-corrected chi connectivity index (χ1v) is 5.90. The minimum absolute atomic E-state index is 0.0114. The standard InChI is InChI=1S/C11H15NO4/c13-10(14)11-4-6-1-7(5-11)3-8(2-6)9(11)12(15)16/h6-9H,1-5H2,(H,13,14)/t6-,7-,8?,9+,11?/m0/s1. The normalized spacial score (nSPS) is 49.2. The van der Waals surface area contributed by atoms with E-state index in [1.165, 1.54) is 0 Å². The quantitative estimate of drug-likeness (QED) is 0.571. The summed E-state index contributed by atoms with van der Waals surface area (Å²) >= 11 is 0. The van der Waals surface area contributed by atoms with Gasteiger partial charge in [-0.25, -0.2) is 0 Å². The summed E-state index contributed by atoms with van der Waals surface area (Å²) in [5.74, 6) is -0.0831. The van der Waals surface area contributed by atoms with Gasteiger partial charge in [0.1, 0.15) is 5.41 Å². The van der Waals surface area contributed by atoms with Crippen molar-refractivity contribution in [3.05, 3.63) is 10.1 Å². The number of carboxylic acid groups (broad SMARTS) is 1. The minimum atomic E-state index is -1.04. The molecule has 0 aliphatic heterocycles. The lowest BCUT2D eigenvalue weighted by molar-refractivity contribution is -0.561. The van der Waals surface area contributed by atoms with Crippen LogP contribution in [0, 0.1) is 33.3 Å². The molecule has 4 aliphatic carbocycles. The molecule has 0 amide bonds. The zero-order chi connectivity index (χ0) is 11.5. The zero-order valence-corrected chi connectivity index (χ0v) is 8.96. The first-order chi connectivity index (χ1) is 7.53. The fraction of sp³-hybridized carbons (Fsp3) is 0.909. The number of carboxylic acids is 1. The number of hydrogen-bond acceptors (Lipinski definition) is 3. The summed E-state index contributed by atoms with van der Waals surface area (Å²) in [6.07, 6.45) is 3.90. The van der Waals surface area contributed by atoms with Crippen molar-refractivity contribution < 1.29 is 14.8 Å². The van der Waals surface area contributed by atoms with Crippen LogP contribution in [0.5, 0.6) is 0 Å². The molecule has 0 unspecified atom stereocenters. The highest BCUT2D eigenvalue weighted by atomic mass is 16.6. The van der Waals surface area contributed by atoms with Crippen LogP contribution in [-0.2, 0) is 4.79 Å². The second kappa shape index (κ2) is 2.96. The third-order valence-corrected chi connectivity index (χ3v) is 4.91. The molecule has 0 aromatic carbocycles. The molecule has 4 aliphatic rings. The molecular formula is C11H15NO4. The molecule has 0 saturated heterocycles. The van der Waals surface area contributed by atoms with Crippen LogP contribution < -0.4 is 0 Å². The molecule has 0 aromatic heterocycles. The van der Waals surface area contributed by atoms with Crippen LogP contribution in [0.3, 0.4) is 0 Å². The molecule has 4 saturated carbocycles. The fourth-order valence-electron chi connectivity index (χ4n) is 4.69. The molecule has 88 valence electrons. The van der Waals surface area contributed by atoms with Gasteiger partial charge in [-0.1, -0.05) is 0 Å². The predicted octanol–water partition coefficient (Wildman–Crippen LogP) is 1.54. The molecule has 0 spiro atoms. The van der Waals surface area contributed by atoms with Gasteiger partial charge in [-0.2, -0.15) is 0 Å². The van der Waals surface area contributed by atoms with Gasteiger partial charge in [0.05, 0.1) is 0 Å². The Morgan fingerprint density at radius 1 is 1.25 bits per heavy atom. The maximum absolute atomic E-state index is 11.5. The Hall–Kier alpha value is -1.13. The molecule has 4 rings (SSSR count). The third kappa shape index (κ3) is 1.09. The molecule has 16 heavy (non-hydrogen) atoms. The van der Waals surface area contributed by atoms with E-state index >= 15 is 0 Å². The Bertz CT molecular complexity index is 353. The number of rotatable bonds is 2. The van der Waals surface area contributed by atoms with E-state index < -0.39 is 17.4 Å². The van der Waals surface area contributed by atoms with Crippen LogP contribution in [0.15, 0.2) is 0 Å². The number of nitrogens with zero attached hydrogens (tertiary/aromatic N) is 1.